The van der Waals surface area contributed by atoms with Gasteiger partial charge in [0.2, 0.25) is 0 Å². The van der Waals surface area contributed by atoms with Crippen molar-refractivity contribution in [3.8, 4) is 0 Å². The zero-order valence-corrected chi connectivity index (χ0v) is 11.9. The highest BCUT2D eigenvalue weighted by molar-refractivity contribution is 6.67. The third-order valence-electron chi connectivity index (χ3n) is 4.29. The molecule has 0 atom stereocenters. The van der Waals surface area contributed by atoms with Crippen molar-refractivity contribution >= 4 is 30.0 Å². The molecule has 104 valence electrons. The van der Waals surface area contributed by atoms with Crippen molar-refractivity contribution in [2.45, 2.75) is 38.9 Å². The van der Waals surface area contributed by atoms with Gasteiger partial charge in [0.15, 0.2) is 0 Å². The maximum atomic E-state index is 12.0. The Morgan fingerprint density at radius 1 is 1.05 bits per heavy atom. The van der Waals surface area contributed by atoms with Crippen LogP contribution in [-0.2, 0) is 14.1 Å². The number of benzene rings is 1. The van der Waals surface area contributed by atoms with Crippen molar-refractivity contribution < 1.29 is 18.9 Å². The first-order valence-electron chi connectivity index (χ1n) is 6.57. The number of hydrogen-bond acceptors (Lipinski definition) is 4. The Morgan fingerprint density at radius 2 is 1.65 bits per heavy atom. The van der Waals surface area contributed by atoms with Crippen LogP contribution in [0.2, 0.25) is 0 Å². The summed E-state index contributed by atoms with van der Waals surface area (Å²) in [5.74, 6) is -1.14. The van der Waals surface area contributed by atoms with Gasteiger partial charge in [0.1, 0.15) is 0 Å². The highest BCUT2D eigenvalue weighted by Crippen LogP contribution is 2.37. The molecule has 1 fully saturated rings. The summed E-state index contributed by atoms with van der Waals surface area (Å²) in [5, 5.41) is 2.55. The van der Waals surface area contributed by atoms with Crippen LogP contribution in [0.15, 0.2) is 18.2 Å². The average molecular weight is 273 g/mol. The van der Waals surface area contributed by atoms with E-state index in [4.69, 9.17) is 9.31 Å². The van der Waals surface area contributed by atoms with Crippen LogP contribution in [0.1, 0.15) is 38.1 Å². The molecule has 0 unspecified atom stereocenters. The summed E-state index contributed by atoms with van der Waals surface area (Å²) < 4.78 is 11.9. The van der Waals surface area contributed by atoms with Crippen LogP contribution in [0.5, 0.6) is 0 Å². The Bertz CT molecular complexity index is 608. The summed E-state index contributed by atoms with van der Waals surface area (Å²) in [6, 6.07) is 5.24. The smallest absolute Gasteiger partial charge is 0.399 e. The van der Waals surface area contributed by atoms with E-state index in [9.17, 15) is 9.59 Å². The second kappa shape index (κ2) is 3.93. The van der Waals surface area contributed by atoms with Gasteiger partial charge in [-0.2, -0.15) is 0 Å². The van der Waals surface area contributed by atoms with E-state index in [0.29, 0.717) is 16.7 Å². The Balaban J connectivity index is 2.05. The molecule has 1 aromatic carbocycles. The minimum absolute atomic E-state index is 0.357. The number of Topliss-reactive ketones (excluding diaryl/α,β-unsaturated/α-hetero) is 1. The summed E-state index contributed by atoms with van der Waals surface area (Å²) in [4.78, 5) is 23.5. The van der Waals surface area contributed by atoms with E-state index in [-0.39, 0.29) is 0 Å². The molecular weight excluding hydrogens is 257 g/mol. The van der Waals surface area contributed by atoms with Crippen molar-refractivity contribution in [2.24, 2.45) is 0 Å². The molecule has 1 aromatic rings. The van der Waals surface area contributed by atoms with Crippen molar-refractivity contribution in [2.75, 3.05) is 5.32 Å². The van der Waals surface area contributed by atoms with Gasteiger partial charge >= 0.3 is 7.12 Å². The van der Waals surface area contributed by atoms with Crippen molar-refractivity contribution in [3.63, 3.8) is 0 Å². The van der Waals surface area contributed by atoms with E-state index < -0.39 is 30.0 Å². The first-order chi connectivity index (χ1) is 9.23. The fourth-order valence-corrected chi connectivity index (χ4v) is 2.39. The molecule has 20 heavy (non-hydrogen) atoms. The van der Waals surface area contributed by atoms with Gasteiger partial charge in [-0.3, -0.25) is 9.59 Å². The van der Waals surface area contributed by atoms with E-state index in [1.165, 1.54) is 0 Å². The lowest BCUT2D eigenvalue weighted by molar-refractivity contribution is -0.112. The van der Waals surface area contributed by atoms with Gasteiger partial charge in [0.05, 0.1) is 22.5 Å². The maximum absolute atomic E-state index is 12.0. The van der Waals surface area contributed by atoms with Crippen LogP contribution in [0.4, 0.5) is 5.69 Å². The number of carbonyl (C=O) groups is 2. The van der Waals surface area contributed by atoms with Gasteiger partial charge in [-0.25, -0.2) is 0 Å². The Labute approximate surface area is 117 Å². The predicted molar refractivity (Wildman–Crippen MR) is 75.1 cm³/mol. The zero-order valence-electron chi connectivity index (χ0n) is 11.9. The van der Waals surface area contributed by atoms with E-state index in [0.717, 1.165) is 0 Å². The van der Waals surface area contributed by atoms with Gasteiger partial charge in [0, 0.05) is 0 Å². The summed E-state index contributed by atoms with van der Waals surface area (Å²) in [7, 11) is -0.647. The molecule has 1 saturated heterocycles. The number of anilines is 1. The van der Waals surface area contributed by atoms with Gasteiger partial charge in [0.25, 0.3) is 11.7 Å². The molecule has 1 N–H and O–H groups in total. The van der Waals surface area contributed by atoms with Crippen molar-refractivity contribution in [1.82, 2.24) is 0 Å². The van der Waals surface area contributed by atoms with Gasteiger partial charge in [-0.05, 0) is 39.2 Å². The van der Waals surface area contributed by atoms with Crippen LogP contribution in [-0.4, -0.2) is 30.0 Å². The van der Waals surface area contributed by atoms with Gasteiger partial charge in [-0.15, -0.1) is 0 Å². The molecule has 0 aliphatic carbocycles. The minimum atomic E-state index is -0.647. The van der Waals surface area contributed by atoms with E-state index in [1.807, 2.05) is 27.7 Å². The van der Waals surface area contributed by atoms with Crippen LogP contribution in [0, 0.1) is 0 Å². The topological polar surface area (TPSA) is 64.6 Å². The third kappa shape index (κ3) is 1.72. The van der Waals surface area contributed by atoms with Crippen molar-refractivity contribution in [3.05, 3.63) is 23.8 Å². The van der Waals surface area contributed by atoms with Crippen LogP contribution < -0.4 is 10.8 Å². The molecule has 2 aliphatic rings. The first kappa shape index (κ1) is 13.3. The molecule has 0 aromatic heterocycles. The second-order valence-corrected chi connectivity index (χ2v) is 6.14. The molecule has 0 spiro atoms. The normalized spacial score (nSPS) is 22.9. The Kier molecular flexibility index (Phi) is 2.62. The Morgan fingerprint density at radius 3 is 2.25 bits per heavy atom. The van der Waals surface area contributed by atoms with Gasteiger partial charge in [-0.1, -0.05) is 12.1 Å². The monoisotopic (exact) mass is 273 g/mol. The lowest BCUT2D eigenvalue weighted by atomic mass is 9.75. The molecule has 5 nitrogen and oxygen atoms in total. The molecule has 3 rings (SSSR count). The first-order valence-corrected chi connectivity index (χ1v) is 6.57. The fraction of sp³-hybridized carbons (Fsp3) is 0.429. The maximum Gasteiger partial charge on any atom is 0.495 e. The standard InChI is InChI=1S/C14H16BNO4/c1-13(2)14(3,4)20-15(19-13)8-6-5-7-9-10(8)11(17)12(18)16-9/h5-7H,1-4H3,(H,16,17,18). The number of amides is 1. The highest BCUT2D eigenvalue weighted by atomic mass is 16.7. The quantitative estimate of drug-likeness (QED) is 0.615. The van der Waals surface area contributed by atoms with E-state index in [1.54, 1.807) is 18.2 Å². The molecule has 0 radical (unpaired) electrons. The van der Waals surface area contributed by atoms with E-state index >= 15 is 0 Å². The molecule has 2 aliphatic heterocycles. The minimum Gasteiger partial charge on any atom is -0.399 e. The fourth-order valence-electron chi connectivity index (χ4n) is 2.39. The Hall–Kier alpha value is -1.66. The van der Waals surface area contributed by atoms with Crippen LogP contribution in [0.25, 0.3) is 0 Å². The number of ketones is 1. The predicted octanol–water partition coefficient (Wildman–Crippen LogP) is 1.12. The lowest BCUT2D eigenvalue weighted by Gasteiger charge is -2.32. The van der Waals surface area contributed by atoms with Crippen LogP contribution in [0.3, 0.4) is 0 Å². The van der Waals surface area contributed by atoms with Crippen LogP contribution >= 0.6 is 0 Å². The largest absolute Gasteiger partial charge is 0.495 e. The van der Waals surface area contributed by atoms with Gasteiger partial charge < -0.3 is 14.6 Å². The SMILES string of the molecule is CC1(C)OB(c2cccc3c2C(=O)C(=O)N3)OC1(C)C. The summed E-state index contributed by atoms with van der Waals surface area (Å²) in [6.07, 6.45) is 0. The molecule has 0 bridgehead atoms. The molecular formula is C14H16BNO4. The molecule has 1 amide bonds. The molecule has 0 saturated carbocycles. The summed E-state index contributed by atoms with van der Waals surface area (Å²) in [5.41, 5.74) is 0.506. The lowest BCUT2D eigenvalue weighted by Crippen LogP contribution is -2.41. The second-order valence-electron chi connectivity index (χ2n) is 6.14. The van der Waals surface area contributed by atoms with Crippen molar-refractivity contribution in [1.29, 1.82) is 0 Å². The summed E-state index contributed by atoms with van der Waals surface area (Å²) >= 11 is 0. The number of fused-ring (bicyclic) bond motifs is 1. The van der Waals surface area contributed by atoms with E-state index in [2.05, 4.69) is 5.32 Å². The summed E-state index contributed by atoms with van der Waals surface area (Å²) in [6.45, 7) is 7.78. The number of carbonyl (C=O) groups excluding carboxylic acids is 2. The highest BCUT2D eigenvalue weighted by Gasteiger charge is 2.53. The number of hydrogen-bond donors (Lipinski definition) is 1. The number of rotatable bonds is 1. The zero-order chi connectivity index (χ0) is 14.7. The molecule has 2 heterocycles. The average Bonchev–Trinajstić information content (AvgIpc) is 2.74. The number of nitrogens with one attached hydrogen (secondary N) is 1. The third-order valence-corrected chi connectivity index (χ3v) is 4.29. The molecule has 6 heteroatoms.